The maximum atomic E-state index is 12.4. The van der Waals surface area contributed by atoms with Gasteiger partial charge in [-0.2, -0.15) is 0 Å². The number of carbonyl (C=O) groups is 3. The van der Waals surface area contributed by atoms with Gasteiger partial charge in [0.1, 0.15) is 5.75 Å². The quantitative estimate of drug-likeness (QED) is 0.631. The number of esters is 1. The van der Waals surface area contributed by atoms with Gasteiger partial charge in [0, 0.05) is 29.4 Å². The summed E-state index contributed by atoms with van der Waals surface area (Å²) in [6.07, 6.45) is 0. The van der Waals surface area contributed by atoms with Crippen molar-refractivity contribution in [1.82, 2.24) is 4.90 Å². The standard InChI is InChI=1S/C21H23ClN2O5/c1-3-24(4-2)21(27)15-6-5-7-17(12-15)23-19(25)13-29-20(26)14-28-18-10-8-16(22)9-11-18/h5-12H,3-4,13-14H2,1-2H3,(H,23,25). The van der Waals surface area contributed by atoms with Crippen LogP contribution >= 0.6 is 11.6 Å². The molecule has 0 heterocycles. The minimum atomic E-state index is -0.680. The molecule has 2 aromatic carbocycles. The molecular formula is C21H23ClN2O5. The van der Waals surface area contributed by atoms with Gasteiger partial charge in [0.25, 0.3) is 11.8 Å². The number of nitrogens with one attached hydrogen (secondary N) is 1. The number of hydrogen-bond donors (Lipinski definition) is 1. The Bertz CT molecular complexity index is 850. The topological polar surface area (TPSA) is 84.9 Å². The number of halogens is 1. The van der Waals surface area contributed by atoms with Crippen molar-refractivity contribution in [3.05, 3.63) is 59.1 Å². The average Bonchev–Trinajstić information content (AvgIpc) is 2.73. The fourth-order valence-corrected chi connectivity index (χ4v) is 2.61. The van der Waals surface area contributed by atoms with E-state index in [-0.39, 0.29) is 12.5 Å². The lowest BCUT2D eigenvalue weighted by atomic mass is 10.1. The van der Waals surface area contributed by atoms with Crippen molar-refractivity contribution in [3.63, 3.8) is 0 Å². The fraction of sp³-hybridized carbons (Fsp3) is 0.286. The van der Waals surface area contributed by atoms with Gasteiger partial charge in [0.15, 0.2) is 13.2 Å². The van der Waals surface area contributed by atoms with Crippen LogP contribution in [-0.4, -0.2) is 49.0 Å². The van der Waals surface area contributed by atoms with Crippen LogP contribution < -0.4 is 10.1 Å². The van der Waals surface area contributed by atoms with E-state index in [2.05, 4.69) is 5.32 Å². The maximum absolute atomic E-state index is 12.4. The smallest absolute Gasteiger partial charge is 0.344 e. The molecule has 29 heavy (non-hydrogen) atoms. The van der Waals surface area contributed by atoms with E-state index in [0.29, 0.717) is 35.1 Å². The summed E-state index contributed by atoms with van der Waals surface area (Å²) in [4.78, 5) is 37.8. The molecule has 0 aliphatic rings. The van der Waals surface area contributed by atoms with Gasteiger partial charge in [-0.3, -0.25) is 9.59 Å². The molecule has 7 nitrogen and oxygen atoms in total. The highest BCUT2D eigenvalue weighted by molar-refractivity contribution is 6.30. The Balaban J connectivity index is 1.81. The van der Waals surface area contributed by atoms with Crippen molar-refractivity contribution in [2.75, 3.05) is 31.6 Å². The summed E-state index contributed by atoms with van der Waals surface area (Å²) in [5.41, 5.74) is 0.918. The minimum absolute atomic E-state index is 0.114. The predicted molar refractivity (Wildman–Crippen MR) is 110 cm³/mol. The molecule has 0 aromatic heterocycles. The Kier molecular flexibility index (Phi) is 8.48. The van der Waals surface area contributed by atoms with Crippen LogP contribution in [0.25, 0.3) is 0 Å². The number of amides is 2. The first-order valence-electron chi connectivity index (χ1n) is 9.16. The molecule has 1 N–H and O–H groups in total. The molecule has 154 valence electrons. The zero-order valence-electron chi connectivity index (χ0n) is 16.3. The first-order valence-corrected chi connectivity index (χ1v) is 9.54. The van der Waals surface area contributed by atoms with Gasteiger partial charge < -0.3 is 19.7 Å². The molecule has 2 rings (SSSR count). The van der Waals surface area contributed by atoms with E-state index in [9.17, 15) is 14.4 Å². The van der Waals surface area contributed by atoms with Gasteiger partial charge in [-0.15, -0.1) is 0 Å². The van der Waals surface area contributed by atoms with Gasteiger partial charge in [-0.25, -0.2) is 4.79 Å². The Hall–Kier alpha value is -3.06. The second kappa shape index (κ2) is 11.1. The molecule has 0 bridgehead atoms. The SMILES string of the molecule is CCN(CC)C(=O)c1cccc(NC(=O)COC(=O)COc2ccc(Cl)cc2)c1. The Morgan fingerprint density at radius 3 is 2.34 bits per heavy atom. The zero-order chi connectivity index (χ0) is 21.2. The molecule has 0 unspecified atom stereocenters. The Morgan fingerprint density at radius 2 is 1.69 bits per heavy atom. The molecule has 0 saturated heterocycles. The van der Waals surface area contributed by atoms with E-state index < -0.39 is 18.5 Å². The summed E-state index contributed by atoms with van der Waals surface area (Å²) in [5.74, 6) is -0.847. The second-order valence-electron chi connectivity index (χ2n) is 6.01. The van der Waals surface area contributed by atoms with Gasteiger partial charge in [-0.1, -0.05) is 17.7 Å². The van der Waals surface area contributed by atoms with Crippen LogP contribution in [0.15, 0.2) is 48.5 Å². The summed E-state index contributed by atoms with van der Waals surface area (Å²) in [7, 11) is 0. The van der Waals surface area contributed by atoms with E-state index >= 15 is 0 Å². The van der Waals surface area contributed by atoms with Crippen LogP contribution in [0.3, 0.4) is 0 Å². The lowest BCUT2D eigenvalue weighted by Gasteiger charge is -2.19. The number of ether oxygens (including phenoxy) is 2. The average molecular weight is 419 g/mol. The molecule has 2 aromatic rings. The van der Waals surface area contributed by atoms with Crippen LogP contribution in [-0.2, 0) is 14.3 Å². The Morgan fingerprint density at radius 1 is 1.00 bits per heavy atom. The molecule has 0 radical (unpaired) electrons. The van der Waals surface area contributed by atoms with Gasteiger partial charge >= 0.3 is 5.97 Å². The van der Waals surface area contributed by atoms with Crippen LogP contribution in [0, 0.1) is 0 Å². The number of anilines is 1. The summed E-state index contributed by atoms with van der Waals surface area (Å²) in [6.45, 7) is 4.20. The number of benzene rings is 2. The summed E-state index contributed by atoms with van der Waals surface area (Å²) < 4.78 is 10.1. The van der Waals surface area contributed by atoms with Gasteiger partial charge in [0.05, 0.1) is 0 Å². The van der Waals surface area contributed by atoms with Crippen molar-refractivity contribution < 1.29 is 23.9 Å². The van der Waals surface area contributed by atoms with Crippen molar-refractivity contribution in [2.45, 2.75) is 13.8 Å². The molecule has 2 amide bonds. The minimum Gasteiger partial charge on any atom is -0.482 e. The third-order valence-electron chi connectivity index (χ3n) is 3.98. The summed E-state index contributed by atoms with van der Waals surface area (Å²) in [5, 5.41) is 3.16. The number of carbonyl (C=O) groups excluding carboxylic acids is 3. The molecule has 0 atom stereocenters. The van der Waals surface area contributed by atoms with Crippen molar-refractivity contribution in [3.8, 4) is 5.75 Å². The lowest BCUT2D eigenvalue weighted by molar-refractivity contribution is -0.149. The molecule has 8 heteroatoms. The van der Waals surface area contributed by atoms with Gasteiger partial charge in [0.2, 0.25) is 0 Å². The van der Waals surface area contributed by atoms with Crippen molar-refractivity contribution >= 4 is 35.1 Å². The molecule has 0 aliphatic carbocycles. The lowest BCUT2D eigenvalue weighted by Crippen LogP contribution is -2.30. The van der Waals surface area contributed by atoms with E-state index in [1.54, 1.807) is 53.4 Å². The number of nitrogens with zero attached hydrogens (tertiary/aromatic N) is 1. The van der Waals surface area contributed by atoms with Crippen LogP contribution in [0.4, 0.5) is 5.69 Å². The monoisotopic (exact) mass is 418 g/mol. The fourth-order valence-electron chi connectivity index (χ4n) is 2.48. The molecule has 0 fully saturated rings. The van der Waals surface area contributed by atoms with E-state index in [1.165, 1.54) is 0 Å². The maximum Gasteiger partial charge on any atom is 0.344 e. The molecule has 0 spiro atoms. The van der Waals surface area contributed by atoms with Crippen LogP contribution in [0.2, 0.25) is 5.02 Å². The first kappa shape index (κ1) is 22.2. The predicted octanol–water partition coefficient (Wildman–Crippen LogP) is 3.38. The number of rotatable bonds is 9. The summed E-state index contributed by atoms with van der Waals surface area (Å²) >= 11 is 5.77. The molecule has 0 saturated carbocycles. The van der Waals surface area contributed by atoms with E-state index in [4.69, 9.17) is 21.1 Å². The highest BCUT2D eigenvalue weighted by Crippen LogP contribution is 2.15. The largest absolute Gasteiger partial charge is 0.482 e. The second-order valence-corrected chi connectivity index (χ2v) is 6.45. The van der Waals surface area contributed by atoms with Crippen LogP contribution in [0.5, 0.6) is 5.75 Å². The van der Waals surface area contributed by atoms with E-state index in [1.807, 2.05) is 13.8 Å². The zero-order valence-corrected chi connectivity index (χ0v) is 17.1. The van der Waals surface area contributed by atoms with E-state index in [0.717, 1.165) is 0 Å². The number of hydrogen-bond acceptors (Lipinski definition) is 5. The Labute approximate surface area is 174 Å². The first-order chi connectivity index (χ1) is 13.9. The third kappa shape index (κ3) is 7.12. The highest BCUT2D eigenvalue weighted by Gasteiger charge is 2.14. The third-order valence-corrected chi connectivity index (χ3v) is 4.23. The van der Waals surface area contributed by atoms with Crippen molar-refractivity contribution in [2.24, 2.45) is 0 Å². The normalized spacial score (nSPS) is 10.2. The van der Waals surface area contributed by atoms with Crippen LogP contribution in [0.1, 0.15) is 24.2 Å². The molecular weight excluding hydrogens is 396 g/mol. The van der Waals surface area contributed by atoms with Crippen molar-refractivity contribution in [1.29, 1.82) is 0 Å². The highest BCUT2D eigenvalue weighted by atomic mass is 35.5. The van der Waals surface area contributed by atoms with Gasteiger partial charge in [-0.05, 0) is 56.3 Å². The summed E-state index contributed by atoms with van der Waals surface area (Å²) in [6, 6.07) is 13.1. The molecule has 0 aliphatic heterocycles.